The lowest BCUT2D eigenvalue weighted by molar-refractivity contribution is -0.138. The summed E-state index contributed by atoms with van der Waals surface area (Å²) in [6, 6.07) is 7.62. The SMILES string of the molecule is O=C(Nc1ccc([C@@H]2C[C@H]2C(=O)O)cc1)C1CC12CCOCC2. The molecule has 0 aromatic heterocycles. The molecular weight excluding hydrogens is 294 g/mol. The van der Waals surface area contributed by atoms with Gasteiger partial charge in [-0.1, -0.05) is 12.1 Å². The van der Waals surface area contributed by atoms with E-state index in [0.717, 1.165) is 43.7 Å². The summed E-state index contributed by atoms with van der Waals surface area (Å²) < 4.78 is 5.38. The molecule has 0 radical (unpaired) electrons. The maximum Gasteiger partial charge on any atom is 0.307 e. The van der Waals surface area contributed by atoms with Crippen molar-refractivity contribution in [2.24, 2.45) is 17.3 Å². The number of hydrogen-bond donors (Lipinski definition) is 2. The average Bonchev–Trinajstić information content (AvgIpc) is 3.44. The predicted octanol–water partition coefficient (Wildman–Crippen LogP) is 2.63. The number of rotatable bonds is 4. The van der Waals surface area contributed by atoms with Gasteiger partial charge in [-0.15, -0.1) is 0 Å². The minimum Gasteiger partial charge on any atom is -0.481 e. The zero-order chi connectivity index (χ0) is 16.0. The number of carboxylic acids is 1. The molecule has 0 bridgehead atoms. The van der Waals surface area contributed by atoms with Crippen LogP contribution >= 0.6 is 0 Å². The molecule has 5 heteroatoms. The van der Waals surface area contributed by atoms with Crippen LogP contribution in [0.4, 0.5) is 5.69 Å². The number of aliphatic carboxylic acids is 1. The Labute approximate surface area is 135 Å². The topological polar surface area (TPSA) is 75.6 Å². The minimum atomic E-state index is -0.720. The number of amides is 1. The van der Waals surface area contributed by atoms with E-state index >= 15 is 0 Å². The lowest BCUT2D eigenvalue weighted by Crippen LogP contribution is -2.24. The van der Waals surface area contributed by atoms with Gasteiger partial charge in [0.15, 0.2) is 0 Å². The summed E-state index contributed by atoms with van der Waals surface area (Å²) in [5.41, 5.74) is 2.02. The Kier molecular flexibility index (Phi) is 3.41. The number of benzene rings is 1. The Balaban J connectivity index is 1.35. The smallest absolute Gasteiger partial charge is 0.307 e. The van der Waals surface area contributed by atoms with Crippen LogP contribution < -0.4 is 5.32 Å². The molecular formula is C18H21NO4. The largest absolute Gasteiger partial charge is 0.481 e. The Morgan fingerprint density at radius 2 is 1.87 bits per heavy atom. The molecule has 23 heavy (non-hydrogen) atoms. The van der Waals surface area contributed by atoms with Gasteiger partial charge in [-0.05, 0) is 54.7 Å². The molecule has 1 spiro atoms. The summed E-state index contributed by atoms with van der Waals surface area (Å²) in [6.45, 7) is 1.54. The van der Waals surface area contributed by atoms with Gasteiger partial charge in [0.1, 0.15) is 0 Å². The standard InChI is InChI=1S/C18H21NO4/c20-16(15-10-18(15)5-7-23-8-6-18)19-12-3-1-11(2-4-12)13-9-14(13)17(21)22/h1-4,13-15H,5-10H2,(H,19,20)(H,21,22)/t13-,14+,15?/m0/s1. The molecule has 2 aliphatic carbocycles. The van der Waals surface area contributed by atoms with E-state index < -0.39 is 5.97 Å². The second kappa shape index (κ2) is 5.34. The third-order valence-corrected chi connectivity index (χ3v) is 5.71. The van der Waals surface area contributed by atoms with E-state index in [1.165, 1.54) is 0 Å². The summed E-state index contributed by atoms with van der Waals surface area (Å²) in [7, 11) is 0. The average molecular weight is 315 g/mol. The Morgan fingerprint density at radius 1 is 1.17 bits per heavy atom. The highest BCUT2D eigenvalue weighted by atomic mass is 16.5. The fraction of sp³-hybridized carbons (Fsp3) is 0.556. The molecule has 2 N–H and O–H groups in total. The van der Waals surface area contributed by atoms with Crippen molar-refractivity contribution in [2.75, 3.05) is 18.5 Å². The number of hydrogen-bond acceptors (Lipinski definition) is 3. The third kappa shape index (κ3) is 2.74. The van der Waals surface area contributed by atoms with Gasteiger partial charge in [0.05, 0.1) is 5.92 Å². The first-order valence-corrected chi connectivity index (χ1v) is 8.30. The summed E-state index contributed by atoms with van der Waals surface area (Å²) in [6.07, 6.45) is 3.67. The quantitative estimate of drug-likeness (QED) is 0.895. The highest BCUT2D eigenvalue weighted by Gasteiger charge is 2.58. The van der Waals surface area contributed by atoms with Crippen molar-refractivity contribution in [3.05, 3.63) is 29.8 Å². The lowest BCUT2D eigenvalue weighted by atomic mass is 9.93. The van der Waals surface area contributed by atoms with Crippen LogP contribution in [-0.2, 0) is 14.3 Å². The van der Waals surface area contributed by atoms with Gasteiger partial charge in [0, 0.05) is 24.8 Å². The van der Waals surface area contributed by atoms with Crippen molar-refractivity contribution in [1.82, 2.24) is 0 Å². The molecule has 4 rings (SSSR count). The number of anilines is 1. The molecule has 5 nitrogen and oxygen atoms in total. The Bertz CT molecular complexity index is 633. The van der Waals surface area contributed by atoms with Gasteiger partial charge in [-0.25, -0.2) is 0 Å². The highest BCUT2D eigenvalue weighted by Crippen LogP contribution is 2.59. The van der Waals surface area contributed by atoms with Crippen molar-refractivity contribution in [3.63, 3.8) is 0 Å². The second-order valence-electron chi connectivity index (χ2n) is 7.13. The third-order valence-electron chi connectivity index (χ3n) is 5.71. The second-order valence-corrected chi connectivity index (χ2v) is 7.13. The van der Waals surface area contributed by atoms with Crippen LogP contribution in [0.1, 0.15) is 37.2 Å². The zero-order valence-corrected chi connectivity index (χ0v) is 13.0. The molecule has 1 unspecified atom stereocenters. The van der Waals surface area contributed by atoms with Crippen molar-refractivity contribution >= 4 is 17.6 Å². The molecule has 3 fully saturated rings. The van der Waals surface area contributed by atoms with E-state index in [1.807, 2.05) is 24.3 Å². The van der Waals surface area contributed by atoms with Crippen LogP contribution in [0, 0.1) is 17.3 Å². The van der Waals surface area contributed by atoms with Crippen molar-refractivity contribution < 1.29 is 19.4 Å². The van der Waals surface area contributed by atoms with E-state index in [2.05, 4.69) is 5.32 Å². The summed E-state index contributed by atoms with van der Waals surface area (Å²) in [5.74, 6) is -0.607. The molecule has 1 amide bonds. The number of nitrogens with one attached hydrogen (secondary N) is 1. The van der Waals surface area contributed by atoms with Gasteiger partial charge in [-0.2, -0.15) is 0 Å². The summed E-state index contributed by atoms with van der Waals surface area (Å²) in [4.78, 5) is 23.3. The van der Waals surface area contributed by atoms with E-state index in [9.17, 15) is 9.59 Å². The summed E-state index contributed by atoms with van der Waals surface area (Å²) >= 11 is 0. The number of carboxylic acid groups (broad SMARTS) is 1. The first kappa shape index (κ1) is 14.7. The van der Waals surface area contributed by atoms with Crippen LogP contribution in [0.5, 0.6) is 0 Å². The van der Waals surface area contributed by atoms with Crippen LogP contribution in [0.2, 0.25) is 0 Å². The Hall–Kier alpha value is -1.88. The molecule has 2 saturated carbocycles. The molecule has 122 valence electrons. The van der Waals surface area contributed by atoms with Crippen LogP contribution in [0.25, 0.3) is 0 Å². The monoisotopic (exact) mass is 315 g/mol. The maximum absolute atomic E-state index is 12.4. The van der Waals surface area contributed by atoms with Gasteiger partial charge >= 0.3 is 5.97 Å². The van der Waals surface area contributed by atoms with Crippen molar-refractivity contribution in [2.45, 2.75) is 31.6 Å². The lowest BCUT2D eigenvalue weighted by Gasteiger charge is -2.22. The molecule has 1 aromatic carbocycles. The number of ether oxygens (including phenoxy) is 1. The minimum absolute atomic E-state index is 0.106. The fourth-order valence-corrected chi connectivity index (χ4v) is 3.93. The first-order chi connectivity index (χ1) is 11.1. The molecule has 1 saturated heterocycles. The van der Waals surface area contributed by atoms with E-state index in [1.54, 1.807) is 0 Å². The fourth-order valence-electron chi connectivity index (χ4n) is 3.93. The van der Waals surface area contributed by atoms with Crippen molar-refractivity contribution in [1.29, 1.82) is 0 Å². The van der Waals surface area contributed by atoms with Crippen LogP contribution in [0.15, 0.2) is 24.3 Å². The van der Waals surface area contributed by atoms with E-state index in [4.69, 9.17) is 9.84 Å². The van der Waals surface area contributed by atoms with E-state index in [0.29, 0.717) is 6.42 Å². The Morgan fingerprint density at radius 3 is 2.48 bits per heavy atom. The molecule has 1 aromatic rings. The number of carbonyl (C=O) groups excluding carboxylic acids is 1. The normalized spacial score (nSPS) is 30.7. The number of carbonyl (C=O) groups is 2. The first-order valence-electron chi connectivity index (χ1n) is 8.30. The van der Waals surface area contributed by atoms with Gasteiger partial charge < -0.3 is 15.2 Å². The molecule has 1 heterocycles. The van der Waals surface area contributed by atoms with Gasteiger partial charge in [0.2, 0.25) is 5.91 Å². The van der Waals surface area contributed by atoms with Crippen molar-refractivity contribution in [3.8, 4) is 0 Å². The van der Waals surface area contributed by atoms with Crippen LogP contribution in [0.3, 0.4) is 0 Å². The zero-order valence-electron chi connectivity index (χ0n) is 13.0. The molecule has 3 aliphatic rings. The highest BCUT2D eigenvalue weighted by molar-refractivity contribution is 5.95. The molecule has 1 aliphatic heterocycles. The predicted molar refractivity (Wildman–Crippen MR) is 84.1 cm³/mol. The maximum atomic E-state index is 12.4. The molecule has 3 atom stereocenters. The van der Waals surface area contributed by atoms with Gasteiger partial charge in [0.25, 0.3) is 0 Å². The van der Waals surface area contributed by atoms with Gasteiger partial charge in [-0.3, -0.25) is 9.59 Å². The van der Waals surface area contributed by atoms with Crippen LogP contribution in [-0.4, -0.2) is 30.2 Å². The summed E-state index contributed by atoms with van der Waals surface area (Å²) in [5, 5.41) is 12.0. The van der Waals surface area contributed by atoms with E-state index in [-0.39, 0.29) is 29.1 Å².